The lowest BCUT2D eigenvalue weighted by molar-refractivity contribution is 0.647. The summed E-state index contributed by atoms with van der Waals surface area (Å²) in [5.41, 5.74) is 4.77. The monoisotopic (exact) mass is 258 g/mol. The molecular formula is C20H18. The minimum absolute atomic E-state index is 0.690. The van der Waals surface area contributed by atoms with Crippen molar-refractivity contribution in [2.75, 3.05) is 0 Å². The Morgan fingerprint density at radius 1 is 0.900 bits per heavy atom. The van der Waals surface area contributed by atoms with E-state index in [1.165, 1.54) is 16.7 Å². The summed E-state index contributed by atoms with van der Waals surface area (Å²) >= 11 is 0. The molecule has 0 nitrogen and oxygen atoms in total. The van der Waals surface area contributed by atoms with E-state index in [1.54, 1.807) is 0 Å². The van der Waals surface area contributed by atoms with Crippen LogP contribution in [0.3, 0.4) is 0 Å². The second kappa shape index (κ2) is 6.65. The van der Waals surface area contributed by atoms with Gasteiger partial charge in [0.25, 0.3) is 0 Å². The van der Waals surface area contributed by atoms with Gasteiger partial charge in [-0.2, -0.15) is 0 Å². The van der Waals surface area contributed by atoms with Gasteiger partial charge in [-0.15, -0.1) is 6.42 Å². The van der Waals surface area contributed by atoms with Crippen LogP contribution in [-0.4, -0.2) is 0 Å². The van der Waals surface area contributed by atoms with Gasteiger partial charge in [0.1, 0.15) is 0 Å². The molecule has 0 aliphatic rings. The van der Waals surface area contributed by atoms with Crippen LogP contribution in [-0.2, 0) is 6.42 Å². The first kappa shape index (κ1) is 14.0. The fourth-order valence-electron chi connectivity index (χ4n) is 2.16. The highest BCUT2D eigenvalue weighted by Gasteiger charge is 2.00. The predicted molar refractivity (Wildman–Crippen MR) is 86.1 cm³/mol. The third kappa shape index (κ3) is 3.78. The standard InChI is InChI=1S/C20H18/c1-4-5-6-17-7-11-19(12-8-17)20-13-9-18(10-14-20)15-16(2)3/h1,7-14,16H,15H2,2-3H3. The maximum atomic E-state index is 5.12. The number of hydrogen-bond donors (Lipinski definition) is 0. The molecule has 2 rings (SSSR count). The molecule has 0 saturated carbocycles. The third-order valence-corrected chi connectivity index (χ3v) is 3.10. The van der Waals surface area contributed by atoms with E-state index in [2.05, 4.69) is 68.0 Å². The summed E-state index contributed by atoms with van der Waals surface area (Å²) in [6.45, 7) is 4.48. The van der Waals surface area contributed by atoms with Gasteiger partial charge in [-0.25, -0.2) is 0 Å². The van der Waals surface area contributed by atoms with Gasteiger partial charge in [-0.05, 0) is 53.0 Å². The van der Waals surface area contributed by atoms with Crippen molar-refractivity contribution in [3.05, 3.63) is 59.7 Å². The molecular weight excluding hydrogens is 240 g/mol. The zero-order valence-corrected chi connectivity index (χ0v) is 12.0. The Bertz CT molecular complexity index is 653. The lowest BCUT2D eigenvalue weighted by Crippen LogP contribution is -1.93. The molecule has 0 fully saturated rings. The Morgan fingerprint density at radius 2 is 1.45 bits per heavy atom. The van der Waals surface area contributed by atoms with Crippen molar-refractivity contribution >= 4 is 0 Å². The molecule has 0 aromatic heterocycles. The van der Waals surface area contributed by atoms with Crippen molar-refractivity contribution in [1.82, 2.24) is 0 Å². The van der Waals surface area contributed by atoms with Gasteiger partial charge in [-0.1, -0.05) is 56.2 Å². The van der Waals surface area contributed by atoms with Crippen LogP contribution >= 0.6 is 0 Å². The minimum atomic E-state index is 0.690. The molecule has 0 radical (unpaired) electrons. The Kier molecular flexibility index (Phi) is 4.65. The smallest absolute Gasteiger partial charge is 0.0255 e. The lowest BCUT2D eigenvalue weighted by atomic mass is 9.99. The van der Waals surface area contributed by atoms with Crippen molar-refractivity contribution in [3.8, 4) is 35.3 Å². The second-order valence-electron chi connectivity index (χ2n) is 5.27. The van der Waals surface area contributed by atoms with E-state index >= 15 is 0 Å². The van der Waals surface area contributed by atoms with E-state index in [4.69, 9.17) is 6.42 Å². The Morgan fingerprint density at radius 3 is 1.95 bits per heavy atom. The van der Waals surface area contributed by atoms with Crippen molar-refractivity contribution < 1.29 is 0 Å². The van der Waals surface area contributed by atoms with Gasteiger partial charge in [0.05, 0.1) is 0 Å². The van der Waals surface area contributed by atoms with Crippen molar-refractivity contribution in [2.24, 2.45) is 5.92 Å². The molecule has 0 spiro atoms. The summed E-state index contributed by atoms with van der Waals surface area (Å²) in [6.07, 6.45) is 6.25. The predicted octanol–water partition coefficient (Wildman–Crippen LogP) is 4.54. The van der Waals surface area contributed by atoms with Gasteiger partial charge in [0.2, 0.25) is 0 Å². The van der Waals surface area contributed by atoms with Crippen molar-refractivity contribution in [1.29, 1.82) is 0 Å². The summed E-state index contributed by atoms with van der Waals surface area (Å²) in [4.78, 5) is 0. The fourth-order valence-corrected chi connectivity index (χ4v) is 2.16. The van der Waals surface area contributed by atoms with Crippen molar-refractivity contribution in [3.63, 3.8) is 0 Å². The van der Waals surface area contributed by atoms with Crippen LogP contribution in [0, 0.1) is 30.1 Å². The topological polar surface area (TPSA) is 0 Å². The number of terminal acetylenes is 1. The Hall–Kier alpha value is -2.44. The van der Waals surface area contributed by atoms with E-state index in [0.29, 0.717) is 5.92 Å². The molecule has 20 heavy (non-hydrogen) atoms. The van der Waals surface area contributed by atoms with E-state index in [9.17, 15) is 0 Å². The molecule has 0 heterocycles. The maximum Gasteiger partial charge on any atom is 0.0255 e. The fraction of sp³-hybridized carbons (Fsp3) is 0.200. The molecule has 0 unspecified atom stereocenters. The quantitative estimate of drug-likeness (QED) is 0.709. The summed E-state index contributed by atoms with van der Waals surface area (Å²) in [5, 5.41) is 0. The number of rotatable bonds is 3. The molecule has 2 aromatic carbocycles. The van der Waals surface area contributed by atoms with Gasteiger partial charge >= 0.3 is 0 Å². The van der Waals surface area contributed by atoms with Crippen LogP contribution in [0.2, 0.25) is 0 Å². The first-order valence-corrected chi connectivity index (χ1v) is 6.85. The van der Waals surface area contributed by atoms with Gasteiger partial charge in [0, 0.05) is 5.56 Å². The zero-order chi connectivity index (χ0) is 14.4. The van der Waals surface area contributed by atoms with Crippen LogP contribution in [0.5, 0.6) is 0 Å². The normalized spacial score (nSPS) is 9.70. The molecule has 0 N–H and O–H groups in total. The van der Waals surface area contributed by atoms with E-state index in [-0.39, 0.29) is 0 Å². The maximum absolute atomic E-state index is 5.12. The van der Waals surface area contributed by atoms with Crippen LogP contribution in [0.15, 0.2) is 48.5 Å². The van der Waals surface area contributed by atoms with Crippen LogP contribution < -0.4 is 0 Å². The van der Waals surface area contributed by atoms with Gasteiger partial charge in [0.15, 0.2) is 0 Å². The lowest BCUT2D eigenvalue weighted by Gasteiger charge is -2.07. The van der Waals surface area contributed by atoms with Gasteiger partial charge < -0.3 is 0 Å². The van der Waals surface area contributed by atoms with Gasteiger partial charge in [-0.3, -0.25) is 0 Å². The second-order valence-corrected chi connectivity index (χ2v) is 5.27. The van der Waals surface area contributed by atoms with E-state index in [1.807, 2.05) is 12.1 Å². The summed E-state index contributed by atoms with van der Waals surface area (Å²) in [7, 11) is 0. The Labute approximate surface area is 121 Å². The molecule has 98 valence electrons. The average Bonchev–Trinajstić information content (AvgIpc) is 2.46. The SMILES string of the molecule is C#CC#Cc1ccc(-c2ccc(CC(C)C)cc2)cc1. The number of hydrogen-bond acceptors (Lipinski definition) is 0. The van der Waals surface area contributed by atoms with Crippen LogP contribution in [0.1, 0.15) is 25.0 Å². The highest BCUT2D eigenvalue weighted by Crippen LogP contribution is 2.21. The van der Waals surface area contributed by atoms with E-state index in [0.717, 1.165) is 12.0 Å². The van der Waals surface area contributed by atoms with E-state index < -0.39 is 0 Å². The molecule has 0 saturated heterocycles. The van der Waals surface area contributed by atoms with Crippen LogP contribution in [0.4, 0.5) is 0 Å². The number of benzene rings is 2. The Balaban J connectivity index is 2.17. The summed E-state index contributed by atoms with van der Waals surface area (Å²) in [5.74, 6) is 8.56. The summed E-state index contributed by atoms with van der Waals surface area (Å²) < 4.78 is 0. The van der Waals surface area contributed by atoms with Crippen molar-refractivity contribution in [2.45, 2.75) is 20.3 Å². The molecule has 0 heteroatoms. The molecule has 0 amide bonds. The first-order valence-electron chi connectivity index (χ1n) is 6.85. The molecule has 2 aromatic rings. The first-order chi connectivity index (χ1) is 9.69. The molecule has 0 atom stereocenters. The van der Waals surface area contributed by atoms with Crippen LogP contribution in [0.25, 0.3) is 11.1 Å². The highest BCUT2D eigenvalue weighted by atomic mass is 14.1. The largest absolute Gasteiger partial charge is 0.106 e. The minimum Gasteiger partial charge on any atom is -0.106 e. The molecule has 0 bridgehead atoms. The molecule has 0 aliphatic carbocycles. The average molecular weight is 258 g/mol. The summed E-state index contributed by atoms with van der Waals surface area (Å²) in [6, 6.07) is 16.9. The highest BCUT2D eigenvalue weighted by molar-refractivity contribution is 5.64. The zero-order valence-electron chi connectivity index (χ0n) is 12.0. The third-order valence-electron chi connectivity index (χ3n) is 3.10. The molecule has 0 aliphatic heterocycles.